The number of imidazole rings is 1. The number of nitro benzene ring substituents is 1. The minimum absolute atomic E-state index is 0.00194. The van der Waals surface area contributed by atoms with Crippen LogP contribution in [0.4, 0.5) is 11.5 Å². The van der Waals surface area contributed by atoms with Crippen LogP contribution < -0.4 is 5.73 Å². The number of aliphatic hydroxyl groups excluding tert-OH is 2. The van der Waals surface area contributed by atoms with Crippen molar-refractivity contribution in [1.29, 1.82) is 0 Å². The van der Waals surface area contributed by atoms with Crippen molar-refractivity contribution in [3.8, 4) is 0 Å². The molecule has 3 heterocycles. The lowest BCUT2D eigenvalue weighted by atomic mass is 10.1. The third-order valence-electron chi connectivity index (χ3n) is 4.80. The number of nitrogens with zero attached hydrogens (tertiary/aromatic N) is 5. The first-order valence-electron chi connectivity index (χ1n) is 8.73. The second-order valence-corrected chi connectivity index (χ2v) is 7.27. The number of aliphatic hydroxyl groups is 2. The van der Waals surface area contributed by atoms with Crippen LogP contribution in [0.15, 0.2) is 30.6 Å². The van der Waals surface area contributed by atoms with Crippen LogP contribution in [0.5, 0.6) is 0 Å². The zero-order valence-corrected chi connectivity index (χ0v) is 15.9. The maximum absolute atomic E-state index is 10.8. The molecule has 29 heavy (non-hydrogen) atoms. The van der Waals surface area contributed by atoms with Gasteiger partial charge < -0.3 is 20.7 Å². The highest BCUT2D eigenvalue weighted by molar-refractivity contribution is 7.81. The Bertz CT molecular complexity index is 1060. The molecule has 1 saturated heterocycles. The van der Waals surface area contributed by atoms with Crippen molar-refractivity contribution in [1.82, 2.24) is 19.5 Å². The molecule has 4 atom stereocenters. The van der Waals surface area contributed by atoms with Gasteiger partial charge in [-0.15, -0.1) is 0 Å². The summed E-state index contributed by atoms with van der Waals surface area (Å²) in [4.78, 5) is 23.3. The second kappa shape index (κ2) is 7.55. The largest absolute Gasteiger partial charge is 0.394 e. The predicted molar refractivity (Wildman–Crippen MR) is 105 cm³/mol. The molecule has 0 spiro atoms. The average molecular weight is 418 g/mol. The van der Waals surface area contributed by atoms with Gasteiger partial charge in [0.25, 0.3) is 5.69 Å². The van der Waals surface area contributed by atoms with E-state index >= 15 is 0 Å². The standard InChI is InChI=1S/C17H18N6O5S/c18-15-12-16(22(7-19-12)17-14(29)13(25)10(6-24)28-17)21-11(20-15)5-8-1-3-9(4-2-8)23(26)27/h1-4,7,10,13-14,17,24-25,29H,5-6H2,(H2,18,20,21)/t10-,13-,14-,17-/m1/s1. The number of nitrogens with two attached hydrogens (primary N) is 1. The molecule has 0 radical (unpaired) electrons. The number of fused-ring (bicyclic) bond motifs is 1. The fourth-order valence-electron chi connectivity index (χ4n) is 3.28. The molecule has 4 rings (SSSR count). The van der Waals surface area contributed by atoms with E-state index in [4.69, 9.17) is 10.5 Å². The Morgan fingerprint density at radius 3 is 2.66 bits per heavy atom. The van der Waals surface area contributed by atoms with E-state index in [-0.39, 0.29) is 18.1 Å². The lowest BCUT2D eigenvalue weighted by Crippen LogP contribution is -2.30. The van der Waals surface area contributed by atoms with Crippen LogP contribution in [-0.4, -0.2) is 58.7 Å². The molecule has 2 aromatic heterocycles. The van der Waals surface area contributed by atoms with Crippen molar-refractivity contribution in [2.24, 2.45) is 0 Å². The van der Waals surface area contributed by atoms with E-state index in [1.165, 1.54) is 18.5 Å². The Balaban J connectivity index is 1.67. The summed E-state index contributed by atoms with van der Waals surface area (Å²) in [6.07, 6.45) is -0.632. The summed E-state index contributed by atoms with van der Waals surface area (Å²) in [6.45, 7) is -0.343. The quantitative estimate of drug-likeness (QED) is 0.262. The van der Waals surface area contributed by atoms with Crippen LogP contribution in [-0.2, 0) is 11.2 Å². The van der Waals surface area contributed by atoms with E-state index in [2.05, 4.69) is 27.6 Å². The van der Waals surface area contributed by atoms with E-state index in [0.717, 1.165) is 5.56 Å². The van der Waals surface area contributed by atoms with Gasteiger partial charge in [-0.05, 0) is 5.56 Å². The second-order valence-electron chi connectivity index (χ2n) is 6.68. The number of non-ortho nitro benzene ring substituents is 1. The molecule has 0 bridgehead atoms. The number of hydrogen-bond donors (Lipinski definition) is 4. The molecule has 1 aliphatic heterocycles. The van der Waals surface area contributed by atoms with E-state index in [0.29, 0.717) is 23.4 Å². The molecule has 1 fully saturated rings. The number of nitro groups is 1. The summed E-state index contributed by atoms with van der Waals surface area (Å²) >= 11 is 4.40. The Morgan fingerprint density at radius 1 is 1.31 bits per heavy atom. The number of benzene rings is 1. The van der Waals surface area contributed by atoms with E-state index in [1.54, 1.807) is 16.7 Å². The first kappa shape index (κ1) is 19.5. The number of rotatable bonds is 5. The van der Waals surface area contributed by atoms with Crippen LogP contribution in [0, 0.1) is 10.1 Å². The summed E-state index contributed by atoms with van der Waals surface area (Å²) in [7, 11) is 0. The van der Waals surface area contributed by atoms with Gasteiger partial charge in [0, 0.05) is 18.6 Å². The Morgan fingerprint density at radius 2 is 2.03 bits per heavy atom. The predicted octanol–water partition coefficient (Wildman–Crippen LogP) is 0.456. The maximum Gasteiger partial charge on any atom is 0.269 e. The molecule has 1 aromatic carbocycles. The van der Waals surface area contributed by atoms with E-state index in [9.17, 15) is 20.3 Å². The van der Waals surface area contributed by atoms with Crippen LogP contribution in [0.2, 0.25) is 0 Å². The molecule has 0 saturated carbocycles. The van der Waals surface area contributed by atoms with Gasteiger partial charge in [0.05, 0.1) is 29.2 Å². The summed E-state index contributed by atoms with van der Waals surface area (Å²) in [5.74, 6) is 0.581. The van der Waals surface area contributed by atoms with Gasteiger partial charge in [-0.2, -0.15) is 12.6 Å². The molecular weight excluding hydrogens is 400 g/mol. The minimum Gasteiger partial charge on any atom is -0.394 e. The number of thiol groups is 1. The molecule has 0 unspecified atom stereocenters. The van der Waals surface area contributed by atoms with E-state index < -0.39 is 28.6 Å². The Hall–Kier alpha value is -2.80. The first-order valence-corrected chi connectivity index (χ1v) is 9.25. The minimum atomic E-state index is -0.954. The molecule has 11 nitrogen and oxygen atoms in total. The number of aromatic nitrogens is 4. The van der Waals surface area contributed by atoms with Crippen LogP contribution in [0.1, 0.15) is 17.6 Å². The number of nitrogen functional groups attached to an aromatic ring is 1. The van der Waals surface area contributed by atoms with Gasteiger partial charge in [0.2, 0.25) is 0 Å². The molecule has 0 aliphatic carbocycles. The van der Waals surface area contributed by atoms with Gasteiger partial charge >= 0.3 is 0 Å². The fraction of sp³-hybridized carbons (Fsp3) is 0.353. The fourth-order valence-corrected chi connectivity index (χ4v) is 3.68. The van der Waals surface area contributed by atoms with Gasteiger partial charge in [0.15, 0.2) is 17.7 Å². The zero-order chi connectivity index (χ0) is 20.7. The monoisotopic (exact) mass is 418 g/mol. The number of anilines is 1. The Kier molecular flexibility index (Phi) is 5.08. The van der Waals surface area contributed by atoms with Gasteiger partial charge in [-0.3, -0.25) is 14.7 Å². The summed E-state index contributed by atoms with van der Waals surface area (Å²) in [5.41, 5.74) is 7.60. The average Bonchev–Trinajstić information content (AvgIpc) is 3.24. The summed E-state index contributed by atoms with van der Waals surface area (Å²) < 4.78 is 7.30. The molecule has 152 valence electrons. The third-order valence-corrected chi connectivity index (χ3v) is 5.36. The Labute approximate surface area is 169 Å². The zero-order valence-electron chi connectivity index (χ0n) is 15.0. The van der Waals surface area contributed by atoms with Crippen molar-refractivity contribution in [3.63, 3.8) is 0 Å². The van der Waals surface area contributed by atoms with Crippen LogP contribution in [0.25, 0.3) is 11.2 Å². The molecular formula is C17H18N6O5S. The van der Waals surface area contributed by atoms with Gasteiger partial charge in [0.1, 0.15) is 17.4 Å². The van der Waals surface area contributed by atoms with Gasteiger partial charge in [-0.1, -0.05) is 12.1 Å². The SMILES string of the molecule is Nc1nc(Cc2ccc([N+](=O)[O-])cc2)nc2c1ncn2[C@@H]1O[C@H](CO)[C@@H](O)[C@H]1S. The molecule has 4 N–H and O–H groups in total. The highest BCUT2D eigenvalue weighted by Crippen LogP contribution is 2.35. The molecule has 1 aliphatic rings. The first-order chi connectivity index (χ1) is 13.9. The summed E-state index contributed by atoms with van der Waals surface area (Å²) in [6, 6.07) is 6.09. The topological polar surface area (TPSA) is 162 Å². The number of ether oxygens (including phenoxy) is 1. The van der Waals surface area contributed by atoms with Crippen molar-refractivity contribution in [2.75, 3.05) is 12.3 Å². The summed E-state index contributed by atoms with van der Waals surface area (Å²) in [5, 5.41) is 29.7. The van der Waals surface area contributed by atoms with Crippen LogP contribution >= 0.6 is 12.6 Å². The van der Waals surface area contributed by atoms with E-state index in [1.807, 2.05) is 0 Å². The van der Waals surface area contributed by atoms with Crippen molar-refractivity contribution in [3.05, 3.63) is 52.1 Å². The van der Waals surface area contributed by atoms with Crippen LogP contribution in [0.3, 0.4) is 0 Å². The van der Waals surface area contributed by atoms with Crippen molar-refractivity contribution < 1.29 is 19.9 Å². The molecule has 3 aromatic rings. The molecule has 0 amide bonds. The highest BCUT2D eigenvalue weighted by atomic mass is 32.1. The lowest BCUT2D eigenvalue weighted by molar-refractivity contribution is -0.384. The molecule has 12 heteroatoms. The van der Waals surface area contributed by atoms with Gasteiger partial charge in [-0.25, -0.2) is 15.0 Å². The van der Waals surface area contributed by atoms with Crippen molar-refractivity contribution >= 4 is 35.3 Å². The normalized spacial score (nSPS) is 24.2. The highest BCUT2D eigenvalue weighted by Gasteiger charge is 2.43. The third kappa shape index (κ3) is 3.51. The number of hydrogen-bond acceptors (Lipinski definition) is 10. The van der Waals surface area contributed by atoms with Crippen molar-refractivity contribution in [2.45, 2.75) is 30.1 Å². The smallest absolute Gasteiger partial charge is 0.269 e. The lowest BCUT2D eigenvalue weighted by Gasteiger charge is -2.17. The maximum atomic E-state index is 10.8.